The molecule has 1 saturated heterocycles. The number of aromatic nitrogens is 2. The first kappa shape index (κ1) is 20.0. The minimum Gasteiger partial charge on any atom is -0.448 e. The number of nitrogens with one attached hydrogen (secondary N) is 2. The summed E-state index contributed by atoms with van der Waals surface area (Å²) in [7, 11) is 0. The highest BCUT2D eigenvalue weighted by Crippen LogP contribution is 2.29. The highest BCUT2D eigenvalue weighted by Gasteiger charge is 2.31. The van der Waals surface area contributed by atoms with E-state index < -0.39 is 6.09 Å². The molecule has 3 heterocycles. The van der Waals surface area contributed by atoms with Gasteiger partial charge in [0.15, 0.2) is 5.82 Å². The number of hydrogen-bond acceptors (Lipinski definition) is 7. The summed E-state index contributed by atoms with van der Waals surface area (Å²) in [6.07, 6.45) is 2.16. The lowest BCUT2D eigenvalue weighted by Gasteiger charge is -2.36. The van der Waals surface area contributed by atoms with E-state index in [-0.39, 0.29) is 12.5 Å². The van der Waals surface area contributed by atoms with Crippen LogP contribution in [0.2, 0.25) is 0 Å². The molecular formula is C22H28N6O3. The van der Waals surface area contributed by atoms with Gasteiger partial charge in [-0.3, -0.25) is 9.69 Å². The van der Waals surface area contributed by atoms with Gasteiger partial charge in [-0.1, -0.05) is 0 Å². The van der Waals surface area contributed by atoms with E-state index in [2.05, 4.69) is 25.5 Å². The van der Waals surface area contributed by atoms with Crippen LogP contribution in [0.25, 0.3) is 0 Å². The van der Waals surface area contributed by atoms with Gasteiger partial charge in [-0.15, -0.1) is 5.10 Å². The van der Waals surface area contributed by atoms with Crippen LogP contribution in [0.15, 0.2) is 24.3 Å². The predicted octanol–water partition coefficient (Wildman–Crippen LogP) is 2.03. The molecule has 5 rings (SSSR count). The van der Waals surface area contributed by atoms with Crippen LogP contribution in [-0.4, -0.2) is 65.5 Å². The summed E-state index contributed by atoms with van der Waals surface area (Å²) < 4.78 is 6.30. The van der Waals surface area contributed by atoms with Gasteiger partial charge in [0, 0.05) is 62.1 Å². The number of nitrogens with zero attached hydrogens (tertiary/aromatic N) is 4. The largest absolute Gasteiger partial charge is 0.448 e. The van der Waals surface area contributed by atoms with E-state index in [0.717, 1.165) is 49.2 Å². The molecule has 1 aliphatic carbocycles. The Morgan fingerprint density at radius 3 is 2.55 bits per heavy atom. The molecule has 0 atom stereocenters. The summed E-state index contributed by atoms with van der Waals surface area (Å²) in [4.78, 5) is 29.9. The second-order valence-electron chi connectivity index (χ2n) is 8.24. The third-order valence-corrected chi connectivity index (χ3v) is 6.23. The maximum atomic E-state index is 12.8. The fourth-order valence-corrected chi connectivity index (χ4v) is 4.38. The molecule has 2 aliphatic heterocycles. The average molecular weight is 425 g/mol. The minimum absolute atomic E-state index is 0.242. The SMILES string of the molecule is CCOC(=O)n1nc(NC(=O)c2ccc(N3CCN(C4CC4)CC3)cc2)c2c1CNC2. The summed E-state index contributed by atoms with van der Waals surface area (Å²) >= 11 is 0. The second kappa shape index (κ2) is 8.32. The third kappa shape index (κ3) is 4.03. The molecule has 2 aromatic rings. The van der Waals surface area contributed by atoms with Gasteiger partial charge in [-0.25, -0.2) is 4.79 Å². The van der Waals surface area contributed by atoms with Crippen LogP contribution in [0.5, 0.6) is 0 Å². The van der Waals surface area contributed by atoms with E-state index in [1.807, 2.05) is 24.3 Å². The second-order valence-corrected chi connectivity index (χ2v) is 8.24. The zero-order valence-corrected chi connectivity index (χ0v) is 17.8. The topological polar surface area (TPSA) is 91.7 Å². The third-order valence-electron chi connectivity index (χ3n) is 6.23. The molecule has 9 heteroatoms. The Kier molecular flexibility index (Phi) is 5.37. The van der Waals surface area contributed by atoms with Crippen LogP contribution in [-0.2, 0) is 17.8 Å². The number of amides is 1. The minimum atomic E-state index is -0.533. The lowest BCUT2D eigenvalue weighted by molar-refractivity contribution is 0.102. The monoisotopic (exact) mass is 424 g/mol. The average Bonchev–Trinajstić information content (AvgIpc) is 3.43. The van der Waals surface area contributed by atoms with Gasteiger partial charge in [0.05, 0.1) is 12.3 Å². The summed E-state index contributed by atoms with van der Waals surface area (Å²) in [5, 5.41) is 10.3. The summed E-state index contributed by atoms with van der Waals surface area (Å²) in [6.45, 7) is 7.34. The Labute approximate surface area is 181 Å². The summed E-state index contributed by atoms with van der Waals surface area (Å²) in [6, 6.07) is 8.52. The van der Waals surface area contributed by atoms with Crippen molar-refractivity contribution in [3.8, 4) is 0 Å². The van der Waals surface area contributed by atoms with Gasteiger partial charge < -0.3 is 20.3 Å². The van der Waals surface area contributed by atoms with Crippen molar-refractivity contribution in [2.24, 2.45) is 0 Å². The smallest absolute Gasteiger partial charge is 0.435 e. The van der Waals surface area contributed by atoms with E-state index in [1.54, 1.807) is 6.92 Å². The molecule has 0 radical (unpaired) electrons. The molecule has 3 aliphatic rings. The molecule has 2 fully saturated rings. The quantitative estimate of drug-likeness (QED) is 0.759. The van der Waals surface area contributed by atoms with Crippen LogP contribution in [0, 0.1) is 0 Å². The number of carbonyl (C=O) groups excluding carboxylic acids is 2. The number of rotatable bonds is 5. The van der Waals surface area contributed by atoms with Crippen molar-refractivity contribution in [3.05, 3.63) is 41.1 Å². The highest BCUT2D eigenvalue weighted by atomic mass is 16.6. The van der Waals surface area contributed by atoms with E-state index in [1.165, 1.54) is 17.5 Å². The maximum Gasteiger partial charge on any atom is 0.435 e. The lowest BCUT2D eigenvalue weighted by atomic mass is 10.1. The number of carbonyl (C=O) groups is 2. The van der Waals surface area contributed by atoms with Crippen LogP contribution in [0.1, 0.15) is 41.4 Å². The summed E-state index contributed by atoms with van der Waals surface area (Å²) in [5.74, 6) is 0.159. The van der Waals surface area contributed by atoms with Crippen molar-refractivity contribution < 1.29 is 14.3 Å². The van der Waals surface area contributed by atoms with Crippen LogP contribution >= 0.6 is 0 Å². The number of fused-ring (bicyclic) bond motifs is 1. The molecule has 0 unspecified atom stereocenters. The Morgan fingerprint density at radius 1 is 1.13 bits per heavy atom. The van der Waals surface area contributed by atoms with Crippen LogP contribution in [0.3, 0.4) is 0 Å². The van der Waals surface area contributed by atoms with Gasteiger partial charge in [0.2, 0.25) is 0 Å². The number of anilines is 2. The zero-order valence-electron chi connectivity index (χ0n) is 17.8. The van der Waals surface area contributed by atoms with Crippen LogP contribution in [0.4, 0.5) is 16.3 Å². The van der Waals surface area contributed by atoms with Crippen LogP contribution < -0.4 is 15.5 Å². The number of hydrogen-bond donors (Lipinski definition) is 2. The molecule has 164 valence electrons. The molecule has 1 aromatic carbocycles. The standard InChI is InChI=1S/C22H28N6O3/c1-2-31-22(30)28-19-14-23-13-18(19)20(25-28)24-21(29)15-3-5-16(6-4-15)26-9-11-27(12-10-26)17-7-8-17/h3-6,17,23H,2,7-14H2,1H3,(H,24,25,29). The summed E-state index contributed by atoms with van der Waals surface area (Å²) in [5.41, 5.74) is 3.26. The first-order chi connectivity index (χ1) is 15.1. The molecule has 2 N–H and O–H groups in total. The fraction of sp³-hybridized carbons (Fsp3) is 0.500. The van der Waals surface area contributed by atoms with Crippen molar-refractivity contribution >= 4 is 23.5 Å². The Hall–Kier alpha value is -2.91. The number of benzene rings is 1. The van der Waals surface area contributed by atoms with E-state index in [9.17, 15) is 9.59 Å². The van der Waals surface area contributed by atoms with Gasteiger partial charge in [0.1, 0.15) is 0 Å². The lowest BCUT2D eigenvalue weighted by Crippen LogP contribution is -2.47. The first-order valence-electron chi connectivity index (χ1n) is 11.0. The Morgan fingerprint density at radius 2 is 1.87 bits per heavy atom. The van der Waals surface area contributed by atoms with E-state index >= 15 is 0 Å². The maximum absolute atomic E-state index is 12.8. The molecular weight excluding hydrogens is 396 g/mol. The number of ether oxygens (including phenoxy) is 1. The van der Waals surface area contributed by atoms with Gasteiger partial charge in [0.25, 0.3) is 5.91 Å². The Bertz CT molecular complexity index is 974. The molecule has 1 saturated carbocycles. The van der Waals surface area contributed by atoms with E-state index in [4.69, 9.17) is 4.74 Å². The molecule has 1 aromatic heterocycles. The van der Waals surface area contributed by atoms with Gasteiger partial charge in [-0.05, 0) is 44.0 Å². The molecule has 1 amide bonds. The first-order valence-corrected chi connectivity index (χ1v) is 11.0. The molecule has 31 heavy (non-hydrogen) atoms. The van der Waals surface area contributed by atoms with E-state index in [0.29, 0.717) is 24.5 Å². The Balaban J connectivity index is 1.25. The van der Waals surface area contributed by atoms with Crippen molar-refractivity contribution in [1.82, 2.24) is 20.0 Å². The molecule has 0 bridgehead atoms. The van der Waals surface area contributed by atoms with Crippen molar-refractivity contribution in [3.63, 3.8) is 0 Å². The van der Waals surface area contributed by atoms with Crippen molar-refractivity contribution in [1.29, 1.82) is 0 Å². The highest BCUT2D eigenvalue weighted by molar-refractivity contribution is 6.04. The fourth-order valence-electron chi connectivity index (χ4n) is 4.38. The number of piperazine rings is 1. The van der Waals surface area contributed by atoms with Gasteiger partial charge >= 0.3 is 6.09 Å². The van der Waals surface area contributed by atoms with Crippen molar-refractivity contribution in [2.45, 2.75) is 38.9 Å². The predicted molar refractivity (Wildman–Crippen MR) is 116 cm³/mol. The van der Waals surface area contributed by atoms with Crippen molar-refractivity contribution in [2.75, 3.05) is 43.0 Å². The van der Waals surface area contributed by atoms with Gasteiger partial charge in [-0.2, -0.15) is 4.68 Å². The molecule has 0 spiro atoms. The molecule has 9 nitrogen and oxygen atoms in total. The zero-order chi connectivity index (χ0) is 21.4. The normalized spacial score (nSPS) is 18.7.